The first-order valence-corrected chi connectivity index (χ1v) is 5.45. The Labute approximate surface area is 99.9 Å². The van der Waals surface area contributed by atoms with Crippen molar-refractivity contribution in [2.45, 2.75) is 13.3 Å². The molecule has 4 nitrogen and oxygen atoms in total. The number of aliphatic hydroxyl groups excluding tert-OH is 1. The van der Waals surface area contributed by atoms with Crippen LogP contribution in [0.2, 0.25) is 0 Å². The number of hydrogen-bond acceptors (Lipinski definition) is 4. The van der Waals surface area contributed by atoms with E-state index in [1.54, 1.807) is 6.20 Å². The summed E-state index contributed by atoms with van der Waals surface area (Å²) in [4.78, 5) is 0. The number of rotatable bonds is 4. The summed E-state index contributed by atoms with van der Waals surface area (Å²) in [6.45, 7) is 2.03. The summed E-state index contributed by atoms with van der Waals surface area (Å²) >= 11 is 0. The molecule has 2 aromatic rings. The van der Waals surface area contributed by atoms with Gasteiger partial charge < -0.3 is 9.84 Å². The highest BCUT2D eigenvalue weighted by molar-refractivity contribution is 5.36. The molecule has 0 bridgehead atoms. The van der Waals surface area contributed by atoms with E-state index < -0.39 is 0 Å². The molecule has 0 saturated carbocycles. The molecule has 4 heteroatoms. The molecule has 0 amide bonds. The maximum absolute atomic E-state index is 8.97. The molecule has 2 rings (SSSR count). The lowest BCUT2D eigenvalue weighted by Gasteiger charge is -2.09. The van der Waals surface area contributed by atoms with Crippen molar-refractivity contribution in [2.24, 2.45) is 0 Å². The molecule has 0 unspecified atom stereocenters. The van der Waals surface area contributed by atoms with E-state index in [1.165, 1.54) is 0 Å². The number of aliphatic hydroxyl groups is 1. The maximum atomic E-state index is 8.97. The molecule has 0 aliphatic carbocycles. The molecular formula is C13H14N2O2. The van der Waals surface area contributed by atoms with Gasteiger partial charge in [-0.05, 0) is 30.5 Å². The van der Waals surface area contributed by atoms with Crippen molar-refractivity contribution >= 4 is 0 Å². The number of hydrogen-bond donors (Lipinski definition) is 1. The highest BCUT2D eigenvalue weighted by Crippen LogP contribution is 2.24. The second kappa shape index (κ2) is 5.41. The van der Waals surface area contributed by atoms with Crippen LogP contribution in [0.5, 0.6) is 11.6 Å². The molecule has 0 atom stereocenters. The van der Waals surface area contributed by atoms with Gasteiger partial charge in [-0.1, -0.05) is 18.2 Å². The van der Waals surface area contributed by atoms with E-state index in [2.05, 4.69) is 10.2 Å². The molecule has 1 aromatic carbocycles. The highest BCUT2D eigenvalue weighted by Gasteiger charge is 2.05. The van der Waals surface area contributed by atoms with Crippen LogP contribution in [-0.4, -0.2) is 21.9 Å². The molecule has 0 aliphatic rings. The number of aromatic nitrogens is 2. The van der Waals surface area contributed by atoms with Crippen LogP contribution in [0.15, 0.2) is 36.5 Å². The first-order chi connectivity index (χ1) is 8.29. The van der Waals surface area contributed by atoms with E-state index >= 15 is 0 Å². The van der Waals surface area contributed by atoms with Crippen LogP contribution in [0, 0.1) is 6.92 Å². The Morgan fingerprint density at radius 3 is 2.88 bits per heavy atom. The van der Waals surface area contributed by atoms with Crippen molar-refractivity contribution in [3.05, 3.63) is 47.7 Å². The molecule has 0 radical (unpaired) electrons. The van der Waals surface area contributed by atoms with Crippen LogP contribution in [0.4, 0.5) is 0 Å². The van der Waals surface area contributed by atoms with Crippen LogP contribution in [-0.2, 0) is 6.42 Å². The molecular weight excluding hydrogens is 216 g/mol. The Morgan fingerprint density at radius 1 is 1.29 bits per heavy atom. The van der Waals surface area contributed by atoms with Gasteiger partial charge in [-0.25, -0.2) is 0 Å². The Bertz CT molecular complexity index is 500. The molecule has 0 spiro atoms. The fraction of sp³-hybridized carbons (Fsp3) is 0.231. The smallest absolute Gasteiger partial charge is 0.239 e. The van der Waals surface area contributed by atoms with E-state index in [0.29, 0.717) is 18.1 Å². The van der Waals surface area contributed by atoms with E-state index in [0.717, 1.165) is 11.1 Å². The third-order valence-corrected chi connectivity index (χ3v) is 2.34. The molecule has 1 aromatic heterocycles. The number of benzene rings is 1. The van der Waals surface area contributed by atoms with E-state index in [9.17, 15) is 0 Å². The third-order valence-electron chi connectivity index (χ3n) is 2.34. The molecule has 1 heterocycles. The highest BCUT2D eigenvalue weighted by atomic mass is 16.5. The Morgan fingerprint density at radius 2 is 2.12 bits per heavy atom. The molecule has 0 fully saturated rings. The van der Waals surface area contributed by atoms with Gasteiger partial charge in [-0.2, -0.15) is 5.10 Å². The van der Waals surface area contributed by atoms with Gasteiger partial charge in [0.2, 0.25) is 5.88 Å². The minimum atomic E-state index is 0.0971. The largest absolute Gasteiger partial charge is 0.437 e. The summed E-state index contributed by atoms with van der Waals surface area (Å²) < 4.78 is 5.66. The first-order valence-electron chi connectivity index (χ1n) is 5.45. The minimum Gasteiger partial charge on any atom is -0.437 e. The summed E-state index contributed by atoms with van der Waals surface area (Å²) in [5.41, 5.74) is 1.95. The van der Waals surface area contributed by atoms with Crippen molar-refractivity contribution in [3.63, 3.8) is 0 Å². The third kappa shape index (κ3) is 3.01. The number of para-hydroxylation sites is 1. The summed E-state index contributed by atoms with van der Waals surface area (Å²) in [6.07, 6.45) is 2.24. The number of nitrogens with zero attached hydrogens (tertiary/aromatic N) is 2. The zero-order valence-electron chi connectivity index (χ0n) is 9.63. The van der Waals surface area contributed by atoms with Gasteiger partial charge in [-0.3, -0.25) is 0 Å². The average molecular weight is 230 g/mol. The van der Waals surface area contributed by atoms with Crippen LogP contribution in [0.1, 0.15) is 11.1 Å². The quantitative estimate of drug-likeness (QED) is 0.874. The van der Waals surface area contributed by atoms with Gasteiger partial charge in [0.25, 0.3) is 0 Å². The van der Waals surface area contributed by atoms with E-state index in [1.807, 2.05) is 37.3 Å². The van der Waals surface area contributed by atoms with Crippen LogP contribution in [0.25, 0.3) is 0 Å². The van der Waals surface area contributed by atoms with Gasteiger partial charge in [0.15, 0.2) is 0 Å². The summed E-state index contributed by atoms with van der Waals surface area (Å²) in [6, 6.07) is 9.41. The lowest BCUT2D eigenvalue weighted by atomic mass is 10.1. The van der Waals surface area contributed by atoms with E-state index in [4.69, 9.17) is 9.84 Å². The van der Waals surface area contributed by atoms with Gasteiger partial charge in [0.1, 0.15) is 5.75 Å². The second-order valence-electron chi connectivity index (χ2n) is 3.75. The monoisotopic (exact) mass is 230 g/mol. The zero-order chi connectivity index (χ0) is 12.1. The van der Waals surface area contributed by atoms with Gasteiger partial charge >= 0.3 is 0 Å². The maximum Gasteiger partial charge on any atom is 0.239 e. The van der Waals surface area contributed by atoms with Crippen LogP contribution in [0.3, 0.4) is 0 Å². The van der Waals surface area contributed by atoms with Crippen molar-refractivity contribution in [3.8, 4) is 11.6 Å². The summed E-state index contributed by atoms with van der Waals surface area (Å²) in [5, 5.41) is 16.7. The van der Waals surface area contributed by atoms with Crippen molar-refractivity contribution in [1.29, 1.82) is 0 Å². The fourth-order valence-electron chi connectivity index (χ4n) is 1.53. The number of ether oxygens (including phenoxy) is 1. The fourth-order valence-corrected chi connectivity index (χ4v) is 1.53. The Kier molecular flexibility index (Phi) is 3.67. The molecule has 17 heavy (non-hydrogen) atoms. The molecule has 0 aliphatic heterocycles. The van der Waals surface area contributed by atoms with Crippen LogP contribution < -0.4 is 4.74 Å². The molecule has 0 saturated heterocycles. The van der Waals surface area contributed by atoms with Crippen LogP contribution >= 0.6 is 0 Å². The Hall–Kier alpha value is -1.94. The van der Waals surface area contributed by atoms with Gasteiger partial charge in [0.05, 0.1) is 6.20 Å². The number of aryl methyl sites for hydroxylation is 1. The van der Waals surface area contributed by atoms with E-state index in [-0.39, 0.29) is 6.61 Å². The molecule has 88 valence electrons. The summed E-state index contributed by atoms with van der Waals surface area (Å²) in [7, 11) is 0. The van der Waals surface area contributed by atoms with Crippen molar-refractivity contribution < 1.29 is 9.84 Å². The standard InChI is InChI=1S/C13H14N2O2/c1-10-8-13(15-14-9-10)17-12-5-3-2-4-11(12)6-7-16/h2-5,8-9,16H,6-7H2,1H3. The van der Waals surface area contributed by atoms with Gasteiger partial charge in [0, 0.05) is 12.7 Å². The van der Waals surface area contributed by atoms with Crippen molar-refractivity contribution in [1.82, 2.24) is 10.2 Å². The van der Waals surface area contributed by atoms with Gasteiger partial charge in [-0.15, -0.1) is 5.10 Å². The summed E-state index contributed by atoms with van der Waals surface area (Å²) in [5.74, 6) is 1.18. The minimum absolute atomic E-state index is 0.0971. The first kappa shape index (κ1) is 11.5. The lowest BCUT2D eigenvalue weighted by molar-refractivity contribution is 0.297. The molecule has 1 N–H and O–H groups in total. The predicted octanol–water partition coefficient (Wildman–Crippen LogP) is 2.11. The zero-order valence-corrected chi connectivity index (χ0v) is 9.63. The topological polar surface area (TPSA) is 55.2 Å². The second-order valence-corrected chi connectivity index (χ2v) is 3.75. The van der Waals surface area contributed by atoms with Crippen molar-refractivity contribution in [2.75, 3.05) is 6.61 Å². The lowest BCUT2D eigenvalue weighted by Crippen LogP contribution is -1.97. The normalized spacial score (nSPS) is 10.2. The SMILES string of the molecule is Cc1cnnc(Oc2ccccc2CCO)c1. The predicted molar refractivity (Wildman–Crippen MR) is 64.1 cm³/mol. The Balaban J connectivity index is 2.23. The average Bonchev–Trinajstić information content (AvgIpc) is 2.32.